The summed E-state index contributed by atoms with van der Waals surface area (Å²) in [6.45, 7) is 12.2. The van der Waals surface area contributed by atoms with Crippen molar-refractivity contribution in [2.75, 3.05) is 0 Å². The van der Waals surface area contributed by atoms with E-state index >= 15 is 0 Å². The largest absolute Gasteiger partial charge is 0.359 e. The second kappa shape index (κ2) is 7.10. The average Bonchev–Trinajstić information content (AvgIpc) is 2.63. The summed E-state index contributed by atoms with van der Waals surface area (Å²) in [5.74, 6) is 0. The van der Waals surface area contributed by atoms with Crippen LogP contribution in [-0.2, 0) is 0 Å². The van der Waals surface area contributed by atoms with E-state index in [-0.39, 0.29) is 1.43 Å². The molecular formula is C14H25N. The van der Waals surface area contributed by atoms with Gasteiger partial charge in [-0.05, 0) is 37.4 Å². The van der Waals surface area contributed by atoms with Crippen molar-refractivity contribution in [1.29, 1.82) is 0 Å². The summed E-state index contributed by atoms with van der Waals surface area (Å²) < 4.78 is 0. The molecule has 0 spiro atoms. The van der Waals surface area contributed by atoms with Crippen molar-refractivity contribution in [3.8, 4) is 0 Å². The van der Waals surface area contributed by atoms with Gasteiger partial charge in [-0.15, -0.1) is 0 Å². The second-order valence-corrected chi connectivity index (χ2v) is 3.04. The SMILES string of the molecule is CC.CC.Cc1ccc2[nH]c(C)cc2c1.[HH]. The fraction of sp³-hybridized carbons (Fsp3) is 0.429. The Labute approximate surface area is 95.0 Å². The zero-order valence-electron chi connectivity index (χ0n) is 10.8. The number of aromatic amines is 1. The zero-order chi connectivity index (χ0) is 11.8. The molecule has 0 fully saturated rings. The standard InChI is InChI=1S/C10H11N.2C2H6.H2/c1-7-3-4-10-9(5-7)6-8(2)11-10;2*1-2;/h3-6,11H,1-2H3;2*1-2H3;1H. The minimum atomic E-state index is 0. The number of rotatable bonds is 0. The third kappa shape index (κ3) is 3.78. The van der Waals surface area contributed by atoms with E-state index in [0.717, 1.165) is 0 Å². The van der Waals surface area contributed by atoms with Crippen molar-refractivity contribution in [3.05, 3.63) is 35.5 Å². The first-order valence-electron chi connectivity index (χ1n) is 5.82. The third-order valence-corrected chi connectivity index (χ3v) is 1.91. The van der Waals surface area contributed by atoms with E-state index in [2.05, 4.69) is 43.1 Å². The van der Waals surface area contributed by atoms with Gasteiger partial charge in [-0.1, -0.05) is 39.3 Å². The Bertz CT molecular complexity index is 391. The van der Waals surface area contributed by atoms with Crippen LogP contribution in [0.15, 0.2) is 24.3 Å². The number of aromatic nitrogens is 1. The lowest BCUT2D eigenvalue weighted by atomic mass is 10.2. The molecule has 2 rings (SSSR count). The van der Waals surface area contributed by atoms with Crippen LogP contribution in [0.25, 0.3) is 10.9 Å². The molecule has 1 aromatic heterocycles. The van der Waals surface area contributed by atoms with E-state index in [0.29, 0.717) is 0 Å². The molecule has 0 saturated carbocycles. The van der Waals surface area contributed by atoms with Gasteiger partial charge in [-0.25, -0.2) is 0 Å². The Morgan fingerprint density at radius 2 is 1.53 bits per heavy atom. The lowest BCUT2D eigenvalue weighted by Crippen LogP contribution is -1.70. The maximum absolute atomic E-state index is 3.29. The molecule has 0 aliphatic heterocycles. The average molecular weight is 207 g/mol. The van der Waals surface area contributed by atoms with Gasteiger partial charge in [-0.2, -0.15) is 0 Å². The Morgan fingerprint density at radius 1 is 0.933 bits per heavy atom. The minimum Gasteiger partial charge on any atom is -0.359 e. The van der Waals surface area contributed by atoms with Gasteiger partial charge in [0, 0.05) is 12.6 Å². The van der Waals surface area contributed by atoms with E-state index in [9.17, 15) is 0 Å². The number of hydrogen-bond acceptors (Lipinski definition) is 0. The van der Waals surface area contributed by atoms with Crippen LogP contribution in [0.3, 0.4) is 0 Å². The first-order valence-corrected chi connectivity index (χ1v) is 5.82. The van der Waals surface area contributed by atoms with Crippen LogP contribution < -0.4 is 0 Å². The lowest BCUT2D eigenvalue weighted by molar-refractivity contribution is 1.30. The highest BCUT2D eigenvalue weighted by molar-refractivity contribution is 5.80. The normalized spacial score (nSPS) is 8.67. The predicted molar refractivity (Wildman–Crippen MR) is 72.6 cm³/mol. The molecule has 0 amide bonds. The molecule has 0 saturated heterocycles. The highest BCUT2D eigenvalue weighted by atomic mass is 14.7. The molecule has 2 aromatic rings. The van der Waals surface area contributed by atoms with Crippen molar-refractivity contribution in [2.24, 2.45) is 0 Å². The highest BCUT2D eigenvalue weighted by Crippen LogP contribution is 2.15. The molecule has 0 atom stereocenters. The van der Waals surface area contributed by atoms with Crippen LogP contribution >= 0.6 is 0 Å². The topological polar surface area (TPSA) is 15.8 Å². The summed E-state index contributed by atoms with van der Waals surface area (Å²) in [4.78, 5) is 3.29. The number of hydrogen-bond donors (Lipinski definition) is 1. The number of aryl methyl sites for hydroxylation is 2. The summed E-state index contributed by atoms with van der Waals surface area (Å²) >= 11 is 0. The van der Waals surface area contributed by atoms with Gasteiger partial charge < -0.3 is 4.98 Å². The van der Waals surface area contributed by atoms with E-state index < -0.39 is 0 Å². The molecule has 15 heavy (non-hydrogen) atoms. The third-order valence-electron chi connectivity index (χ3n) is 1.91. The van der Waals surface area contributed by atoms with Crippen molar-refractivity contribution in [2.45, 2.75) is 41.5 Å². The van der Waals surface area contributed by atoms with Crippen LogP contribution in [0.1, 0.15) is 40.4 Å². The molecule has 1 nitrogen and oxygen atoms in total. The molecule has 0 unspecified atom stereocenters. The maximum atomic E-state index is 3.29. The number of fused-ring (bicyclic) bond motifs is 1. The van der Waals surface area contributed by atoms with Gasteiger partial charge in [0.25, 0.3) is 0 Å². The molecule has 1 aromatic carbocycles. The molecule has 86 valence electrons. The molecule has 1 heterocycles. The van der Waals surface area contributed by atoms with Gasteiger partial charge in [0.2, 0.25) is 0 Å². The number of H-pyrrole nitrogens is 1. The Kier molecular flexibility index (Phi) is 6.52. The summed E-state index contributed by atoms with van der Waals surface area (Å²) in [5, 5.41) is 1.31. The van der Waals surface area contributed by atoms with Gasteiger partial charge in [0.05, 0.1) is 0 Å². The van der Waals surface area contributed by atoms with Crippen molar-refractivity contribution in [1.82, 2.24) is 4.98 Å². The van der Waals surface area contributed by atoms with Gasteiger partial charge >= 0.3 is 0 Å². The van der Waals surface area contributed by atoms with Crippen LogP contribution in [0.4, 0.5) is 0 Å². The Hall–Kier alpha value is -1.24. The van der Waals surface area contributed by atoms with Crippen molar-refractivity contribution < 1.29 is 1.43 Å². The number of nitrogens with one attached hydrogen (secondary N) is 1. The molecule has 1 heteroatoms. The van der Waals surface area contributed by atoms with E-state index in [4.69, 9.17) is 0 Å². The summed E-state index contributed by atoms with van der Waals surface area (Å²) in [7, 11) is 0. The monoisotopic (exact) mass is 207 g/mol. The van der Waals surface area contributed by atoms with Gasteiger partial charge in [0.15, 0.2) is 0 Å². The summed E-state index contributed by atoms with van der Waals surface area (Å²) in [6, 6.07) is 8.61. The smallest absolute Gasteiger partial charge is 0.0456 e. The molecule has 0 aliphatic carbocycles. The second-order valence-electron chi connectivity index (χ2n) is 3.04. The fourth-order valence-corrected chi connectivity index (χ4v) is 1.40. The van der Waals surface area contributed by atoms with Crippen LogP contribution in [-0.4, -0.2) is 4.98 Å². The molecular weight excluding hydrogens is 182 g/mol. The quantitative estimate of drug-likeness (QED) is 0.620. The van der Waals surface area contributed by atoms with E-state index in [1.54, 1.807) is 0 Å². The zero-order valence-corrected chi connectivity index (χ0v) is 10.8. The van der Waals surface area contributed by atoms with Crippen molar-refractivity contribution in [3.63, 3.8) is 0 Å². The minimum absolute atomic E-state index is 0. The molecule has 1 N–H and O–H groups in total. The Balaban J connectivity index is 0. The Morgan fingerprint density at radius 3 is 2.13 bits per heavy atom. The molecule has 0 aliphatic rings. The van der Waals surface area contributed by atoms with Crippen LogP contribution in [0, 0.1) is 13.8 Å². The highest BCUT2D eigenvalue weighted by Gasteiger charge is 1.95. The fourth-order valence-electron chi connectivity index (χ4n) is 1.40. The first-order chi connectivity index (χ1) is 7.25. The van der Waals surface area contributed by atoms with E-state index in [1.807, 2.05) is 27.7 Å². The molecule has 0 radical (unpaired) electrons. The summed E-state index contributed by atoms with van der Waals surface area (Å²) in [5.41, 5.74) is 3.77. The lowest BCUT2D eigenvalue weighted by Gasteiger charge is -1.90. The van der Waals surface area contributed by atoms with Crippen LogP contribution in [0.2, 0.25) is 0 Å². The van der Waals surface area contributed by atoms with Gasteiger partial charge in [0.1, 0.15) is 0 Å². The summed E-state index contributed by atoms with van der Waals surface area (Å²) in [6.07, 6.45) is 0. The maximum Gasteiger partial charge on any atom is 0.0456 e. The first kappa shape index (κ1) is 13.8. The van der Waals surface area contributed by atoms with E-state index in [1.165, 1.54) is 22.2 Å². The van der Waals surface area contributed by atoms with Crippen molar-refractivity contribution >= 4 is 10.9 Å². The predicted octanol–water partition coefficient (Wildman–Crippen LogP) is 5.08. The van der Waals surface area contributed by atoms with Gasteiger partial charge in [-0.3, -0.25) is 0 Å². The number of benzene rings is 1. The van der Waals surface area contributed by atoms with Crippen LogP contribution in [0.5, 0.6) is 0 Å². The molecule has 0 bridgehead atoms.